The molecule has 1 unspecified atom stereocenters. The van der Waals surface area contributed by atoms with Gasteiger partial charge in [-0.1, -0.05) is 0 Å². The van der Waals surface area contributed by atoms with Crippen LogP contribution in [-0.2, 0) is 14.3 Å². The van der Waals surface area contributed by atoms with Crippen molar-refractivity contribution < 1.29 is 14.3 Å². The summed E-state index contributed by atoms with van der Waals surface area (Å²) in [7, 11) is 1.64. The lowest BCUT2D eigenvalue weighted by molar-refractivity contribution is -0.147. The van der Waals surface area contributed by atoms with Crippen LogP contribution < -0.4 is 10.6 Å². The van der Waals surface area contributed by atoms with Crippen molar-refractivity contribution in [3.8, 4) is 0 Å². The van der Waals surface area contributed by atoms with Gasteiger partial charge in [0.1, 0.15) is 0 Å². The third-order valence-corrected chi connectivity index (χ3v) is 2.82. The summed E-state index contributed by atoms with van der Waals surface area (Å²) < 4.78 is 4.91. The number of carbonyl (C=O) groups is 2. The van der Waals surface area contributed by atoms with Crippen LogP contribution in [0.4, 0.5) is 11.4 Å². The quantitative estimate of drug-likeness (QED) is 0.468. The first-order chi connectivity index (χ1) is 8.06. The molecule has 1 aromatic rings. The van der Waals surface area contributed by atoms with Crippen LogP contribution >= 0.6 is 0 Å². The topological polar surface area (TPSA) is 72.6 Å². The number of benzene rings is 1. The molecule has 0 aliphatic carbocycles. The smallest absolute Gasteiger partial charge is 0.323 e. The van der Waals surface area contributed by atoms with Gasteiger partial charge in [-0.15, -0.1) is 0 Å². The van der Waals surface area contributed by atoms with Crippen molar-refractivity contribution in [3.63, 3.8) is 0 Å². The first kappa shape index (κ1) is 11.4. The first-order valence-electron chi connectivity index (χ1n) is 5.40. The van der Waals surface area contributed by atoms with Gasteiger partial charge in [0.05, 0.1) is 6.61 Å². The van der Waals surface area contributed by atoms with E-state index >= 15 is 0 Å². The summed E-state index contributed by atoms with van der Waals surface area (Å²) >= 11 is 0. The number of likely N-dealkylation sites (N-methyl/N-ethyl adjacent to an activating group) is 1. The molecule has 0 saturated heterocycles. The molecule has 0 bridgehead atoms. The van der Waals surface area contributed by atoms with Gasteiger partial charge >= 0.3 is 5.97 Å². The number of carbonyl (C=O) groups excluding carboxylic acids is 2. The van der Waals surface area contributed by atoms with E-state index in [1.807, 2.05) is 0 Å². The average molecular weight is 234 g/mol. The molecule has 2 N–H and O–H groups in total. The fourth-order valence-electron chi connectivity index (χ4n) is 2.01. The summed E-state index contributed by atoms with van der Waals surface area (Å²) in [6.45, 7) is 1.96. The Bertz CT molecular complexity index is 485. The minimum Gasteiger partial charge on any atom is -0.465 e. The van der Waals surface area contributed by atoms with E-state index in [-0.39, 0.29) is 12.5 Å². The van der Waals surface area contributed by atoms with Gasteiger partial charge in [-0.25, -0.2) is 0 Å². The molecule has 5 heteroatoms. The number of nitrogen functional groups attached to an aromatic ring is 1. The monoisotopic (exact) mass is 234 g/mol. The molecule has 0 radical (unpaired) electrons. The van der Waals surface area contributed by atoms with Gasteiger partial charge in [0.25, 0.3) is 0 Å². The van der Waals surface area contributed by atoms with Crippen LogP contribution in [-0.4, -0.2) is 25.5 Å². The van der Waals surface area contributed by atoms with Crippen molar-refractivity contribution in [2.75, 3.05) is 24.3 Å². The summed E-state index contributed by atoms with van der Waals surface area (Å²) in [6, 6.07) is 5.09. The van der Waals surface area contributed by atoms with Gasteiger partial charge in [0, 0.05) is 24.0 Å². The standard InChI is InChI=1S/C12H14N2O3/c1-3-17-12(16)10-8-6-7(13)4-5-9(8)14(2)11(10)15/h4-6,10H,3,13H2,1-2H3. The summed E-state index contributed by atoms with van der Waals surface area (Å²) in [5.74, 6) is -1.67. The molecule has 0 spiro atoms. The number of fused-ring (bicyclic) bond motifs is 1. The second kappa shape index (κ2) is 4.08. The predicted octanol–water partition coefficient (Wildman–Crippen LogP) is 0.892. The predicted molar refractivity (Wildman–Crippen MR) is 63.6 cm³/mol. The van der Waals surface area contributed by atoms with E-state index in [4.69, 9.17) is 10.5 Å². The number of anilines is 2. The zero-order valence-electron chi connectivity index (χ0n) is 9.77. The van der Waals surface area contributed by atoms with E-state index in [2.05, 4.69) is 0 Å². The molecule has 0 saturated carbocycles. The first-order valence-corrected chi connectivity index (χ1v) is 5.40. The van der Waals surface area contributed by atoms with Gasteiger partial charge in [-0.05, 0) is 25.1 Å². The molecule has 1 aliphatic rings. The number of nitrogens with two attached hydrogens (primary N) is 1. The Balaban J connectivity index is 2.46. The van der Waals surface area contributed by atoms with Crippen molar-refractivity contribution in [3.05, 3.63) is 23.8 Å². The molecule has 90 valence electrons. The Labute approximate surface area is 99.2 Å². The van der Waals surface area contributed by atoms with E-state index in [1.165, 1.54) is 4.90 Å². The van der Waals surface area contributed by atoms with Crippen LogP contribution in [0.5, 0.6) is 0 Å². The highest BCUT2D eigenvalue weighted by molar-refractivity contribution is 6.16. The SMILES string of the molecule is CCOC(=O)C1C(=O)N(C)c2ccc(N)cc21. The Hall–Kier alpha value is -2.04. The van der Waals surface area contributed by atoms with E-state index < -0.39 is 11.9 Å². The molecule has 1 aromatic carbocycles. The summed E-state index contributed by atoms with van der Waals surface area (Å²) in [5.41, 5.74) is 7.54. The number of ether oxygens (including phenoxy) is 1. The molecule has 5 nitrogen and oxygen atoms in total. The largest absolute Gasteiger partial charge is 0.465 e. The van der Waals surface area contributed by atoms with E-state index in [0.717, 1.165) is 0 Å². The fourth-order valence-corrected chi connectivity index (χ4v) is 2.01. The van der Waals surface area contributed by atoms with E-state index in [0.29, 0.717) is 16.9 Å². The van der Waals surface area contributed by atoms with Crippen LogP contribution in [0.2, 0.25) is 0 Å². The highest BCUT2D eigenvalue weighted by atomic mass is 16.5. The fraction of sp³-hybridized carbons (Fsp3) is 0.333. The zero-order valence-corrected chi connectivity index (χ0v) is 9.77. The van der Waals surface area contributed by atoms with Crippen molar-refractivity contribution in [2.24, 2.45) is 0 Å². The third kappa shape index (κ3) is 1.73. The van der Waals surface area contributed by atoms with Crippen LogP contribution in [0, 0.1) is 0 Å². The molecule has 1 aliphatic heterocycles. The number of esters is 1. The van der Waals surface area contributed by atoms with Crippen molar-refractivity contribution in [2.45, 2.75) is 12.8 Å². The Kier molecular flexibility index (Phi) is 2.75. The Morgan fingerprint density at radius 3 is 2.88 bits per heavy atom. The minimum atomic E-state index is -0.876. The molecular formula is C12H14N2O3. The number of amides is 1. The van der Waals surface area contributed by atoms with E-state index in [9.17, 15) is 9.59 Å². The average Bonchev–Trinajstić information content (AvgIpc) is 2.51. The number of hydrogen-bond acceptors (Lipinski definition) is 4. The molecule has 1 amide bonds. The molecule has 2 rings (SSSR count). The van der Waals surface area contributed by atoms with E-state index in [1.54, 1.807) is 32.2 Å². The lowest BCUT2D eigenvalue weighted by atomic mass is 10.0. The van der Waals surface area contributed by atoms with Crippen molar-refractivity contribution in [1.29, 1.82) is 0 Å². The zero-order chi connectivity index (χ0) is 12.6. The highest BCUT2D eigenvalue weighted by Gasteiger charge is 2.41. The summed E-state index contributed by atoms with van der Waals surface area (Å²) in [4.78, 5) is 25.2. The number of rotatable bonds is 2. The van der Waals surface area contributed by atoms with Crippen molar-refractivity contribution in [1.82, 2.24) is 0 Å². The molecular weight excluding hydrogens is 220 g/mol. The van der Waals surface area contributed by atoms with Gasteiger partial charge < -0.3 is 15.4 Å². The maximum atomic E-state index is 12.0. The normalized spacial score (nSPS) is 18.1. The lowest BCUT2D eigenvalue weighted by Gasteiger charge is -2.10. The van der Waals surface area contributed by atoms with Gasteiger partial charge in [-0.3, -0.25) is 9.59 Å². The molecule has 17 heavy (non-hydrogen) atoms. The van der Waals surface area contributed by atoms with Crippen LogP contribution in [0.15, 0.2) is 18.2 Å². The number of hydrogen-bond donors (Lipinski definition) is 1. The molecule has 1 heterocycles. The van der Waals surface area contributed by atoms with Gasteiger partial charge in [0.2, 0.25) is 5.91 Å². The second-order valence-corrected chi connectivity index (χ2v) is 3.90. The Morgan fingerprint density at radius 1 is 1.53 bits per heavy atom. The maximum absolute atomic E-state index is 12.0. The third-order valence-electron chi connectivity index (χ3n) is 2.82. The molecule has 0 fully saturated rings. The number of nitrogens with zero attached hydrogens (tertiary/aromatic N) is 1. The van der Waals surface area contributed by atoms with Gasteiger partial charge in [-0.2, -0.15) is 0 Å². The van der Waals surface area contributed by atoms with Crippen LogP contribution in [0.3, 0.4) is 0 Å². The summed E-state index contributed by atoms with van der Waals surface area (Å²) in [5, 5.41) is 0. The van der Waals surface area contributed by atoms with Gasteiger partial charge in [0.15, 0.2) is 5.92 Å². The Morgan fingerprint density at radius 2 is 2.24 bits per heavy atom. The highest BCUT2D eigenvalue weighted by Crippen LogP contribution is 2.38. The minimum absolute atomic E-state index is 0.254. The second-order valence-electron chi connectivity index (χ2n) is 3.90. The van der Waals surface area contributed by atoms with Crippen LogP contribution in [0.25, 0.3) is 0 Å². The van der Waals surface area contributed by atoms with Crippen LogP contribution in [0.1, 0.15) is 18.4 Å². The summed E-state index contributed by atoms with van der Waals surface area (Å²) in [6.07, 6.45) is 0. The lowest BCUT2D eigenvalue weighted by Crippen LogP contribution is -2.29. The molecule has 0 aromatic heterocycles. The van der Waals surface area contributed by atoms with Crippen molar-refractivity contribution >= 4 is 23.3 Å². The molecule has 1 atom stereocenters. The maximum Gasteiger partial charge on any atom is 0.323 e.